The number of nitrogens with one attached hydrogen (secondary N) is 1. The smallest absolute Gasteiger partial charge is 0.255 e. The van der Waals surface area contributed by atoms with E-state index >= 15 is 0 Å². The van der Waals surface area contributed by atoms with Gasteiger partial charge < -0.3 is 4.98 Å². The van der Waals surface area contributed by atoms with Crippen LogP contribution >= 0.6 is 11.8 Å². The molecule has 1 N–H and O–H groups in total. The van der Waals surface area contributed by atoms with Crippen molar-refractivity contribution in [3.05, 3.63) is 51.7 Å². The molecule has 1 aromatic carbocycles. The zero-order valence-electron chi connectivity index (χ0n) is 8.87. The van der Waals surface area contributed by atoms with Crippen molar-refractivity contribution in [2.45, 2.75) is 11.5 Å². The van der Waals surface area contributed by atoms with E-state index in [0.29, 0.717) is 5.82 Å². The Labute approximate surface area is 101 Å². The number of nitrogens with zero attached hydrogens (tertiary/aromatic N) is 1. The predicted molar refractivity (Wildman–Crippen MR) is 65.3 cm³/mol. The van der Waals surface area contributed by atoms with Gasteiger partial charge in [-0.15, -0.1) is 0 Å². The maximum absolute atomic E-state index is 12.8. The number of aromatic nitrogens is 2. The summed E-state index contributed by atoms with van der Waals surface area (Å²) in [4.78, 5) is 18.9. The lowest BCUT2D eigenvalue weighted by Crippen LogP contribution is -2.15. The molecule has 0 bridgehead atoms. The van der Waals surface area contributed by atoms with Crippen molar-refractivity contribution in [2.24, 2.45) is 0 Å². The van der Waals surface area contributed by atoms with Gasteiger partial charge in [-0.1, -0.05) is 0 Å². The summed E-state index contributed by atoms with van der Waals surface area (Å²) in [5, 5.41) is 0. The molecule has 0 radical (unpaired) electrons. The summed E-state index contributed by atoms with van der Waals surface area (Å²) in [5.74, 6) is 1.71. The van der Waals surface area contributed by atoms with Crippen LogP contribution in [0, 0.1) is 5.82 Å². The van der Waals surface area contributed by atoms with Gasteiger partial charge in [0.15, 0.2) is 0 Å². The van der Waals surface area contributed by atoms with Crippen molar-refractivity contribution in [1.29, 1.82) is 0 Å². The van der Waals surface area contributed by atoms with Gasteiger partial charge in [-0.3, -0.25) is 4.79 Å². The molecule has 0 unspecified atom stereocenters. The van der Waals surface area contributed by atoms with Gasteiger partial charge in [-0.05, 0) is 24.3 Å². The highest BCUT2D eigenvalue weighted by Gasteiger charge is 2.17. The lowest BCUT2D eigenvalue weighted by atomic mass is 10.2. The van der Waals surface area contributed by atoms with E-state index < -0.39 is 0 Å². The van der Waals surface area contributed by atoms with Crippen LogP contribution in [0.2, 0.25) is 0 Å². The van der Waals surface area contributed by atoms with Gasteiger partial charge in [0, 0.05) is 22.6 Å². The SMILES string of the molecule is O=c1[nH]c(-c2ccc(F)cc2)nc2c1CSC2. The largest absolute Gasteiger partial charge is 0.306 e. The molecule has 1 aromatic heterocycles. The Kier molecular flexibility index (Phi) is 2.48. The van der Waals surface area contributed by atoms with E-state index in [1.54, 1.807) is 23.9 Å². The molecule has 0 atom stereocenters. The Bertz CT molecular complexity index is 621. The lowest BCUT2D eigenvalue weighted by Gasteiger charge is -2.03. The third-order valence-electron chi connectivity index (χ3n) is 2.70. The predicted octanol–water partition coefficient (Wildman–Crippen LogP) is 2.32. The van der Waals surface area contributed by atoms with E-state index in [9.17, 15) is 9.18 Å². The van der Waals surface area contributed by atoms with Crippen molar-refractivity contribution < 1.29 is 4.39 Å². The maximum atomic E-state index is 12.8. The normalized spacial score (nSPS) is 13.7. The lowest BCUT2D eigenvalue weighted by molar-refractivity contribution is 0.628. The first-order chi connectivity index (χ1) is 8.24. The number of hydrogen-bond donors (Lipinski definition) is 1. The minimum absolute atomic E-state index is 0.0840. The van der Waals surface area contributed by atoms with E-state index in [1.807, 2.05) is 0 Å². The summed E-state index contributed by atoms with van der Waals surface area (Å²) in [6, 6.07) is 5.94. The molecule has 3 nitrogen and oxygen atoms in total. The first-order valence-electron chi connectivity index (χ1n) is 5.20. The standard InChI is InChI=1S/C12H9FN2OS/c13-8-3-1-7(2-4-8)11-14-10-6-17-5-9(10)12(16)15-11/h1-4H,5-6H2,(H,14,15,16). The van der Waals surface area contributed by atoms with Gasteiger partial charge in [0.2, 0.25) is 0 Å². The third-order valence-corrected chi connectivity index (χ3v) is 3.67. The summed E-state index contributed by atoms with van der Waals surface area (Å²) in [6.07, 6.45) is 0. The fraction of sp³-hybridized carbons (Fsp3) is 0.167. The second kappa shape index (κ2) is 4.00. The summed E-state index contributed by atoms with van der Waals surface area (Å²) in [7, 11) is 0. The number of H-pyrrole nitrogens is 1. The number of hydrogen-bond acceptors (Lipinski definition) is 3. The van der Waals surface area contributed by atoms with Crippen molar-refractivity contribution in [1.82, 2.24) is 9.97 Å². The molecule has 1 aliphatic rings. The molecule has 2 heterocycles. The third kappa shape index (κ3) is 1.86. The molecule has 5 heteroatoms. The monoisotopic (exact) mass is 248 g/mol. The van der Waals surface area contributed by atoms with Crippen LogP contribution in [0.4, 0.5) is 4.39 Å². The molecule has 0 amide bonds. The fourth-order valence-electron chi connectivity index (χ4n) is 1.81. The Morgan fingerprint density at radius 3 is 2.76 bits per heavy atom. The number of thioether (sulfide) groups is 1. The summed E-state index contributed by atoms with van der Waals surface area (Å²) in [5.41, 5.74) is 2.25. The highest BCUT2D eigenvalue weighted by Crippen LogP contribution is 2.26. The van der Waals surface area contributed by atoms with Gasteiger partial charge in [0.1, 0.15) is 11.6 Å². The Morgan fingerprint density at radius 1 is 1.24 bits per heavy atom. The summed E-state index contributed by atoms with van der Waals surface area (Å²) in [6.45, 7) is 0. The van der Waals surface area contributed by atoms with E-state index in [2.05, 4.69) is 9.97 Å². The van der Waals surface area contributed by atoms with E-state index in [0.717, 1.165) is 28.3 Å². The van der Waals surface area contributed by atoms with Gasteiger partial charge in [0.25, 0.3) is 5.56 Å². The highest BCUT2D eigenvalue weighted by molar-refractivity contribution is 7.98. The van der Waals surface area contributed by atoms with Crippen LogP contribution in [0.3, 0.4) is 0 Å². The van der Waals surface area contributed by atoms with Gasteiger partial charge in [0.05, 0.1) is 5.69 Å². The molecule has 0 fully saturated rings. The van der Waals surface area contributed by atoms with Crippen LogP contribution in [-0.2, 0) is 11.5 Å². The number of fused-ring (bicyclic) bond motifs is 1. The molecular weight excluding hydrogens is 239 g/mol. The van der Waals surface area contributed by atoms with Crippen molar-refractivity contribution in [3.63, 3.8) is 0 Å². The van der Waals surface area contributed by atoms with Gasteiger partial charge in [-0.2, -0.15) is 11.8 Å². The zero-order chi connectivity index (χ0) is 11.8. The van der Waals surface area contributed by atoms with Crippen LogP contribution in [0.1, 0.15) is 11.3 Å². The molecule has 0 saturated heterocycles. The molecule has 0 spiro atoms. The van der Waals surface area contributed by atoms with E-state index in [4.69, 9.17) is 0 Å². The topological polar surface area (TPSA) is 45.8 Å². The Balaban J connectivity index is 2.13. The first-order valence-corrected chi connectivity index (χ1v) is 6.35. The Morgan fingerprint density at radius 2 is 2.00 bits per heavy atom. The summed E-state index contributed by atoms with van der Waals surface area (Å²) >= 11 is 1.68. The van der Waals surface area contributed by atoms with Gasteiger partial charge >= 0.3 is 0 Å². The van der Waals surface area contributed by atoms with Crippen LogP contribution in [0.15, 0.2) is 29.1 Å². The number of benzene rings is 1. The van der Waals surface area contributed by atoms with E-state index in [1.165, 1.54) is 12.1 Å². The highest BCUT2D eigenvalue weighted by atomic mass is 32.2. The Hall–Kier alpha value is -1.62. The molecular formula is C12H9FN2OS. The first kappa shape index (κ1) is 10.5. The second-order valence-electron chi connectivity index (χ2n) is 3.84. The number of halogens is 1. The molecule has 17 heavy (non-hydrogen) atoms. The van der Waals surface area contributed by atoms with Crippen molar-refractivity contribution >= 4 is 11.8 Å². The fourth-order valence-corrected chi connectivity index (χ4v) is 2.84. The quantitative estimate of drug-likeness (QED) is 0.842. The molecule has 1 aliphatic heterocycles. The minimum Gasteiger partial charge on any atom is -0.306 e. The molecule has 86 valence electrons. The van der Waals surface area contributed by atoms with Crippen LogP contribution in [0.5, 0.6) is 0 Å². The summed E-state index contributed by atoms with van der Waals surface area (Å²) < 4.78 is 12.8. The minimum atomic E-state index is -0.298. The maximum Gasteiger partial charge on any atom is 0.255 e. The average Bonchev–Trinajstić information content (AvgIpc) is 2.78. The number of rotatable bonds is 1. The van der Waals surface area contributed by atoms with Crippen LogP contribution in [-0.4, -0.2) is 9.97 Å². The van der Waals surface area contributed by atoms with Gasteiger partial charge in [-0.25, -0.2) is 9.37 Å². The average molecular weight is 248 g/mol. The van der Waals surface area contributed by atoms with Crippen molar-refractivity contribution in [3.8, 4) is 11.4 Å². The van der Waals surface area contributed by atoms with Crippen LogP contribution in [0.25, 0.3) is 11.4 Å². The molecule has 0 aliphatic carbocycles. The van der Waals surface area contributed by atoms with E-state index in [-0.39, 0.29) is 11.4 Å². The molecule has 0 saturated carbocycles. The number of aromatic amines is 1. The zero-order valence-corrected chi connectivity index (χ0v) is 9.68. The second-order valence-corrected chi connectivity index (χ2v) is 4.83. The van der Waals surface area contributed by atoms with Crippen molar-refractivity contribution in [2.75, 3.05) is 0 Å². The molecule has 3 rings (SSSR count). The molecule has 2 aromatic rings. The van der Waals surface area contributed by atoms with Crippen LogP contribution < -0.4 is 5.56 Å².